The summed E-state index contributed by atoms with van der Waals surface area (Å²) in [4.78, 5) is 23.1. The Balaban J connectivity index is 2.13. The monoisotopic (exact) mass is 231 g/mol. The van der Waals surface area contributed by atoms with E-state index in [2.05, 4.69) is 5.32 Å². The van der Waals surface area contributed by atoms with E-state index in [1.807, 2.05) is 25.1 Å². The fourth-order valence-electron chi connectivity index (χ4n) is 2.87. The molecule has 1 amide bonds. The molecule has 3 rings (SSSR count). The molecule has 1 aromatic carbocycles. The van der Waals surface area contributed by atoms with Crippen molar-refractivity contribution in [1.82, 2.24) is 0 Å². The number of nitrogens with one attached hydrogen (secondary N) is 1. The highest BCUT2D eigenvalue weighted by Gasteiger charge is 2.68. The largest absolute Gasteiger partial charge is 0.481 e. The number of carboxylic acid groups (broad SMARTS) is 1. The molecule has 1 fully saturated rings. The van der Waals surface area contributed by atoms with Gasteiger partial charge >= 0.3 is 5.97 Å². The number of carbonyl (C=O) groups is 2. The molecular formula is C13H13NO3. The molecule has 88 valence electrons. The minimum atomic E-state index is -0.880. The maximum atomic E-state index is 12.0. The van der Waals surface area contributed by atoms with E-state index in [1.54, 1.807) is 0 Å². The molecule has 0 radical (unpaired) electrons. The molecule has 4 nitrogen and oxygen atoms in total. The first-order valence-corrected chi connectivity index (χ1v) is 5.78. The third-order valence-corrected chi connectivity index (χ3v) is 3.91. The van der Waals surface area contributed by atoms with E-state index in [1.165, 1.54) is 0 Å². The van der Waals surface area contributed by atoms with E-state index in [9.17, 15) is 9.59 Å². The van der Waals surface area contributed by atoms with Crippen molar-refractivity contribution in [3.05, 3.63) is 29.3 Å². The molecule has 1 spiro atoms. The summed E-state index contributed by atoms with van der Waals surface area (Å²) in [6, 6.07) is 5.74. The average molecular weight is 231 g/mol. The van der Waals surface area contributed by atoms with Crippen LogP contribution in [-0.4, -0.2) is 17.0 Å². The number of aryl methyl sites for hydroxylation is 1. The first kappa shape index (κ1) is 10.3. The van der Waals surface area contributed by atoms with Crippen LogP contribution in [-0.2, 0) is 21.4 Å². The van der Waals surface area contributed by atoms with E-state index in [-0.39, 0.29) is 5.91 Å². The molecule has 0 aromatic heterocycles. The number of hydrogen-bond donors (Lipinski definition) is 2. The predicted molar refractivity (Wildman–Crippen MR) is 61.9 cm³/mol. The number of rotatable bonds is 2. The molecule has 17 heavy (non-hydrogen) atoms. The molecule has 2 aliphatic rings. The number of hydrogen-bond acceptors (Lipinski definition) is 2. The second kappa shape index (κ2) is 3.09. The van der Waals surface area contributed by atoms with Crippen molar-refractivity contribution in [2.45, 2.75) is 25.2 Å². The zero-order valence-corrected chi connectivity index (χ0v) is 9.49. The van der Waals surface area contributed by atoms with Gasteiger partial charge in [0.15, 0.2) is 0 Å². The summed E-state index contributed by atoms with van der Waals surface area (Å²) in [6.07, 6.45) is 1.26. The van der Waals surface area contributed by atoms with Gasteiger partial charge in [0.1, 0.15) is 0 Å². The summed E-state index contributed by atoms with van der Waals surface area (Å²) < 4.78 is 0. The Bertz CT molecular complexity index is 537. The number of fused-ring (bicyclic) bond motifs is 2. The van der Waals surface area contributed by atoms with Gasteiger partial charge in [0.05, 0.1) is 11.3 Å². The summed E-state index contributed by atoms with van der Waals surface area (Å²) in [6.45, 7) is 2.02. The van der Waals surface area contributed by atoms with E-state index < -0.39 is 17.3 Å². The molecule has 1 aromatic rings. The SMILES string of the molecule is CCc1cccc2c1NC(=O)C21CC1C(=O)O. The van der Waals surface area contributed by atoms with Gasteiger partial charge in [0.25, 0.3) is 0 Å². The number of amides is 1. The number of aliphatic carboxylic acids is 1. The van der Waals surface area contributed by atoms with Crippen LogP contribution in [0.4, 0.5) is 5.69 Å². The Kier molecular flexibility index (Phi) is 1.88. The number of para-hydroxylation sites is 1. The van der Waals surface area contributed by atoms with Gasteiger partial charge in [-0.05, 0) is 24.0 Å². The fourth-order valence-corrected chi connectivity index (χ4v) is 2.87. The molecular weight excluding hydrogens is 218 g/mol. The Morgan fingerprint density at radius 1 is 1.59 bits per heavy atom. The number of anilines is 1. The minimum Gasteiger partial charge on any atom is -0.481 e. The van der Waals surface area contributed by atoms with Crippen LogP contribution in [0.15, 0.2) is 18.2 Å². The molecule has 1 aliphatic carbocycles. The van der Waals surface area contributed by atoms with Crippen LogP contribution in [0.3, 0.4) is 0 Å². The van der Waals surface area contributed by atoms with Crippen LogP contribution in [0.1, 0.15) is 24.5 Å². The van der Waals surface area contributed by atoms with Gasteiger partial charge in [-0.2, -0.15) is 0 Å². The first-order valence-electron chi connectivity index (χ1n) is 5.78. The first-order chi connectivity index (χ1) is 8.11. The van der Waals surface area contributed by atoms with Crippen molar-refractivity contribution in [1.29, 1.82) is 0 Å². The normalized spacial score (nSPS) is 29.0. The summed E-state index contributed by atoms with van der Waals surface area (Å²) in [5.74, 6) is -1.59. The maximum Gasteiger partial charge on any atom is 0.307 e. The van der Waals surface area contributed by atoms with Crippen LogP contribution in [0.5, 0.6) is 0 Å². The van der Waals surface area contributed by atoms with E-state index in [0.29, 0.717) is 6.42 Å². The third kappa shape index (κ3) is 1.12. The van der Waals surface area contributed by atoms with Gasteiger partial charge in [-0.1, -0.05) is 25.1 Å². The molecule has 1 aliphatic heterocycles. The molecule has 0 bridgehead atoms. The van der Waals surface area contributed by atoms with Gasteiger partial charge in [-0.3, -0.25) is 9.59 Å². The van der Waals surface area contributed by atoms with Crippen molar-refractivity contribution in [2.24, 2.45) is 5.92 Å². The molecule has 2 N–H and O–H groups in total. The predicted octanol–water partition coefficient (Wildman–Crippen LogP) is 1.54. The molecule has 4 heteroatoms. The molecule has 1 saturated carbocycles. The van der Waals surface area contributed by atoms with Crippen LogP contribution in [0, 0.1) is 5.92 Å². The number of benzene rings is 1. The van der Waals surface area contributed by atoms with Gasteiger partial charge in [-0.15, -0.1) is 0 Å². The second-order valence-electron chi connectivity index (χ2n) is 4.71. The Labute approximate surface area is 98.6 Å². The maximum absolute atomic E-state index is 12.0. The fraction of sp³-hybridized carbons (Fsp3) is 0.385. The lowest BCUT2D eigenvalue weighted by Crippen LogP contribution is -2.24. The van der Waals surface area contributed by atoms with Crippen molar-refractivity contribution in [3.8, 4) is 0 Å². The second-order valence-corrected chi connectivity index (χ2v) is 4.71. The lowest BCUT2D eigenvalue weighted by Gasteiger charge is -2.07. The third-order valence-electron chi connectivity index (χ3n) is 3.91. The van der Waals surface area contributed by atoms with Crippen LogP contribution < -0.4 is 5.32 Å². The standard InChI is InChI=1S/C13H13NO3/c1-2-7-4-3-5-8-10(7)14-12(17)13(8)6-9(13)11(15)16/h3-5,9H,2,6H2,1H3,(H,14,17)(H,15,16). The van der Waals surface area contributed by atoms with Gasteiger partial charge in [0.2, 0.25) is 5.91 Å². The Morgan fingerprint density at radius 2 is 2.35 bits per heavy atom. The summed E-state index contributed by atoms with van der Waals surface area (Å²) >= 11 is 0. The Morgan fingerprint density at radius 3 is 2.94 bits per heavy atom. The highest BCUT2D eigenvalue weighted by atomic mass is 16.4. The highest BCUT2D eigenvalue weighted by molar-refractivity contribution is 6.12. The summed E-state index contributed by atoms with van der Waals surface area (Å²) in [7, 11) is 0. The van der Waals surface area contributed by atoms with E-state index in [4.69, 9.17) is 5.11 Å². The van der Waals surface area contributed by atoms with E-state index >= 15 is 0 Å². The average Bonchev–Trinajstić information content (AvgIpc) is 2.99. The van der Waals surface area contributed by atoms with Gasteiger partial charge in [0, 0.05) is 5.69 Å². The topological polar surface area (TPSA) is 66.4 Å². The minimum absolute atomic E-state index is 0.152. The van der Waals surface area contributed by atoms with Crippen molar-refractivity contribution < 1.29 is 14.7 Å². The van der Waals surface area contributed by atoms with Crippen LogP contribution >= 0.6 is 0 Å². The number of carboxylic acids is 1. The Hall–Kier alpha value is -1.84. The lowest BCUT2D eigenvalue weighted by molar-refractivity contribution is -0.140. The quantitative estimate of drug-likeness (QED) is 0.811. The lowest BCUT2D eigenvalue weighted by atomic mass is 9.93. The zero-order chi connectivity index (χ0) is 12.2. The van der Waals surface area contributed by atoms with Gasteiger partial charge in [-0.25, -0.2) is 0 Å². The van der Waals surface area contributed by atoms with Crippen LogP contribution in [0.2, 0.25) is 0 Å². The van der Waals surface area contributed by atoms with Crippen molar-refractivity contribution >= 4 is 17.6 Å². The smallest absolute Gasteiger partial charge is 0.307 e. The number of carbonyl (C=O) groups excluding carboxylic acids is 1. The van der Waals surface area contributed by atoms with Crippen LogP contribution in [0.25, 0.3) is 0 Å². The molecule has 2 atom stereocenters. The van der Waals surface area contributed by atoms with Crippen molar-refractivity contribution in [2.75, 3.05) is 5.32 Å². The molecule has 1 heterocycles. The van der Waals surface area contributed by atoms with Gasteiger partial charge < -0.3 is 10.4 Å². The summed E-state index contributed by atoms with van der Waals surface area (Å²) in [5.41, 5.74) is 1.99. The zero-order valence-electron chi connectivity index (χ0n) is 9.49. The van der Waals surface area contributed by atoms with E-state index in [0.717, 1.165) is 23.2 Å². The molecule has 0 saturated heterocycles. The van der Waals surface area contributed by atoms with Crippen molar-refractivity contribution in [3.63, 3.8) is 0 Å². The highest BCUT2D eigenvalue weighted by Crippen LogP contribution is 2.60. The molecule has 2 unspecified atom stereocenters. The summed E-state index contributed by atoms with van der Waals surface area (Å²) in [5, 5.41) is 11.9.